The van der Waals surface area contributed by atoms with Crippen LogP contribution in [0.15, 0.2) is 60.7 Å². The Kier molecular flexibility index (Phi) is 6.50. The van der Waals surface area contributed by atoms with Crippen molar-refractivity contribution in [2.75, 3.05) is 0 Å². The summed E-state index contributed by atoms with van der Waals surface area (Å²) < 4.78 is 0. The van der Waals surface area contributed by atoms with Crippen LogP contribution in [-0.4, -0.2) is 5.78 Å². The predicted molar refractivity (Wildman–Crippen MR) is 91.0 cm³/mol. The number of hydrogen-bond acceptors (Lipinski definition) is 1. The number of allylic oxidation sites excluding steroid dienone is 1. The van der Waals surface area contributed by atoms with Crippen LogP contribution in [0.1, 0.15) is 28.4 Å². The zero-order chi connectivity index (χ0) is 12.8. The summed E-state index contributed by atoms with van der Waals surface area (Å²) in [5.41, 5.74) is 3.07. The molecule has 1 nitrogen and oxygen atoms in total. The highest BCUT2D eigenvalue weighted by molar-refractivity contribution is 14.0. The maximum Gasteiger partial charge on any atom is 0.185 e. The molecule has 0 radical (unpaired) electrons. The Morgan fingerprint density at radius 3 is 2.47 bits per heavy atom. The number of carbonyl (C=O) groups is 1. The number of rotatable bonds is 4. The summed E-state index contributed by atoms with van der Waals surface area (Å²) in [6.07, 6.45) is 4.51. The van der Waals surface area contributed by atoms with E-state index in [1.54, 1.807) is 6.08 Å². The number of aryl methyl sites for hydroxylation is 1. The van der Waals surface area contributed by atoms with E-state index in [4.69, 9.17) is 0 Å². The standard InChI is InChI=1S/C17H16O.HI/c1-2-14-7-6-8-15(13-14)11-12-17(18)16-9-4-3-5-10-16;/h3-13H,2H2,1H3;1H/b12-11+;. The molecular formula is C17H17IO. The van der Waals surface area contributed by atoms with E-state index in [2.05, 4.69) is 19.1 Å². The minimum Gasteiger partial charge on any atom is -0.289 e. The predicted octanol–water partition coefficient (Wildman–Crippen LogP) is 4.76. The quantitative estimate of drug-likeness (QED) is 0.434. The first-order chi connectivity index (χ1) is 8.79. The van der Waals surface area contributed by atoms with Gasteiger partial charge in [0.15, 0.2) is 5.78 Å². The van der Waals surface area contributed by atoms with Gasteiger partial charge in [0, 0.05) is 5.56 Å². The number of benzene rings is 2. The van der Waals surface area contributed by atoms with Crippen molar-refractivity contribution in [3.05, 3.63) is 77.4 Å². The second kappa shape index (κ2) is 7.89. The first-order valence-electron chi connectivity index (χ1n) is 6.16. The Hall–Kier alpha value is -1.42. The van der Waals surface area contributed by atoms with Crippen LogP contribution in [0, 0.1) is 0 Å². The summed E-state index contributed by atoms with van der Waals surface area (Å²) in [6, 6.07) is 17.5. The molecule has 0 amide bonds. The number of ketones is 1. The van der Waals surface area contributed by atoms with Crippen molar-refractivity contribution < 1.29 is 4.79 Å². The SMILES string of the molecule is CCc1cccc(/C=C/C(=O)c2ccccc2)c1.I. The van der Waals surface area contributed by atoms with Crippen molar-refractivity contribution in [3.63, 3.8) is 0 Å². The minimum atomic E-state index is 0. The lowest BCUT2D eigenvalue weighted by Crippen LogP contribution is -1.92. The van der Waals surface area contributed by atoms with E-state index in [9.17, 15) is 4.79 Å². The monoisotopic (exact) mass is 364 g/mol. The van der Waals surface area contributed by atoms with E-state index in [0.29, 0.717) is 0 Å². The largest absolute Gasteiger partial charge is 0.289 e. The first-order valence-corrected chi connectivity index (χ1v) is 6.16. The molecule has 0 N–H and O–H groups in total. The number of halogens is 1. The minimum absolute atomic E-state index is 0. The molecule has 0 aliphatic rings. The second-order valence-electron chi connectivity index (χ2n) is 4.16. The molecule has 0 saturated heterocycles. The van der Waals surface area contributed by atoms with Gasteiger partial charge in [0.2, 0.25) is 0 Å². The van der Waals surface area contributed by atoms with Gasteiger partial charge in [-0.05, 0) is 23.6 Å². The molecule has 19 heavy (non-hydrogen) atoms. The molecule has 0 atom stereocenters. The Balaban J connectivity index is 0.00000180. The van der Waals surface area contributed by atoms with Crippen LogP contribution in [0.3, 0.4) is 0 Å². The summed E-state index contributed by atoms with van der Waals surface area (Å²) in [4.78, 5) is 11.9. The third-order valence-corrected chi connectivity index (χ3v) is 2.84. The zero-order valence-corrected chi connectivity index (χ0v) is 13.2. The normalized spacial score (nSPS) is 10.2. The molecule has 0 unspecified atom stereocenters. The molecule has 0 heterocycles. The van der Waals surface area contributed by atoms with Gasteiger partial charge in [0.25, 0.3) is 0 Å². The van der Waals surface area contributed by atoms with Crippen molar-refractivity contribution in [1.29, 1.82) is 0 Å². The molecule has 0 fully saturated rings. The highest BCUT2D eigenvalue weighted by Gasteiger charge is 1.99. The van der Waals surface area contributed by atoms with Gasteiger partial charge in [-0.1, -0.05) is 67.6 Å². The van der Waals surface area contributed by atoms with Gasteiger partial charge in [-0.15, -0.1) is 24.0 Å². The third-order valence-electron chi connectivity index (χ3n) is 2.84. The highest BCUT2D eigenvalue weighted by Crippen LogP contribution is 2.09. The molecule has 0 aliphatic heterocycles. The Bertz CT molecular complexity index is 558. The van der Waals surface area contributed by atoms with Crippen LogP contribution >= 0.6 is 24.0 Å². The number of carbonyl (C=O) groups excluding carboxylic acids is 1. The average Bonchev–Trinajstić information content (AvgIpc) is 2.46. The highest BCUT2D eigenvalue weighted by atomic mass is 127. The van der Waals surface area contributed by atoms with Gasteiger partial charge >= 0.3 is 0 Å². The lowest BCUT2D eigenvalue weighted by molar-refractivity contribution is 0.104. The van der Waals surface area contributed by atoms with E-state index in [1.807, 2.05) is 48.5 Å². The third kappa shape index (κ3) is 4.63. The van der Waals surface area contributed by atoms with Crippen LogP contribution in [-0.2, 0) is 6.42 Å². The summed E-state index contributed by atoms with van der Waals surface area (Å²) in [5.74, 6) is 0.0394. The smallest absolute Gasteiger partial charge is 0.185 e. The molecule has 2 heteroatoms. The molecular weight excluding hydrogens is 347 g/mol. The van der Waals surface area contributed by atoms with Crippen molar-refractivity contribution in [3.8, 4) is 0 Å². The van der Waals surface area contributed by atoms with E-state index in [1.165, 1.54) is 5.56 Å². The zero-order valence-electron chi connectivity index (χ0n) is 10.9. The molecule has 2 aromatic rings. The first kappa shape index (κ1) is 15.6. The fourth-order valence-electron chi connectivity index (χ4n) is 1.79. The van der Waals surface area contributed by atoms with Crippen LogP contribution < -0.4 is 0 Å². The molecule has 0 bridgehead atoms. The molecule has 0 aromatic heterocycles. The summed E-state index contributed by atoms with van der Waals surface area (Å²) in [6.45, 7) is 2.12. The summed E-state index contributed by atoms with van der Waals surface area (Å²) >= 11 is 0. The van der Waals surface area contributed by atoms with E-state index < -0.39 is 0 Å². The van der Waals surface area contributed by atoms with E-state index >= 15 is 0 Å². The van der Waals surface area contributed by atoms with E-state index in [0.717, 1.165) is 17.5 Å². The van der Waals surface area contributed by atoms with Gasteiger partial charge in [0.05, 0.1) is 0 Å². The van der Waals surface area contributed by atoms with Crippen molar-refractivity contribution in [2.24, 2.45) is 0 Å². The lowest BCUT2D eigenvalue weighted by atomic mass is 10.1. The van der Waals surface area contributed by atoms with Gasteiger partial charge < -0.3 is 0 Å². The van der Waals surface area contributed by atoms with Gasteiger partial charge in [-0.2, -0.15) is 0 Å². The topological polar surface area (TPSA) is 17.1 Å². The van der Waals surface area contributed by atoms with Crippen LogP contribution in [0.2, 0.25) is 0 Å². The Labute approximate surface area is 131 Å². The molecule has 0 aliphatic carbocycles. The summed E-state index contributed by atoms with van der Waals surface area (Å²) in [7, 11) is 0. The number of hydrogen-bond donors (Lipinski definition) is 0. The van der Waals surface area contributed by atoms with Gasteiger partial charge in [0.1, 0.15) is 0 Å². The van der Waals surface area contributed by atoms with Crippen molar-refractivity contribution in [1.82, 2.24) is 0 Å². The fraction of sp³-hybridized carbons (Fsp3) is 0.118. The second-order valence-corrected chi connectivity index (χ2v) is 4.16. The molecule has 0 saturated carbocycles. The van der Waals surface area contributed by atoms with Crippen LogP contribution in [0.4, 0.5) is 0 Å². The van der Waals surface area contributed by atoms with Gasteiger partial charge in [-0.3, -0.25) is 4.79 Å². The molecule has 2 aromatic carbocycles. The molecule has 98 valence electrons. The van der Waals surface area contributed by atoms with Crippen LogP contribution in [0.5, 0.6) is 0 Å². The van der Waals surface area contributed by atoms with Crippen LogP contribution in [0.25, 0.3) is 6.08 Å². The fourth-order valence-corrected chi connectivity index (χ4v) is 1.79. The van der Waals surface area contributed by atoms with Crippen molar-refractivity contribution >= 4 is 35.8 Å². The van der Waals surface area contributed by atoms with E-state index in [-0.39, 0.29) is 29.8 Å². The summed E-state index contributed by atoms with van der Waals surface area (Å²) in [5, 5.41) is 0. The molecule has 0 spiro atoms. The van der Waals surface area contributed by atoms with Crippen molar-refractivity contribution in [2.45, 2.75) is 13.3 Å². The lowest BCUT2D eigenvalue weighted by Gasteiger charge is -1.98. The Morgan fingerprint density at radius 1 is 1.05 bits per heavy atom. The Morgan fingerprint density at radius 2 is 1.79 bits per heavy atom. The maximum absolute atomic E-state index is 11.9. The maximum atomic E-state index is 11.9. The van der Waals surface area contributed by atoms with Gasteiger partial charge in [-0.25, -0.2) is 0 Å². The average molecular weight is 364 g/mol. The molecule has 2 rings (SSSR count).